The van der Waals surface area contributed by atoms with Crippen LogP contribution >= 0.6 is 0 Å². The van der Waals surface area contributed by atoms with Gasteiger partial charge >= 0.3 is 0 Å². The Balaban J connectivity index is 1.67. The van der Waals surface area contributed by atoms with Gasteiger partial charge in [0.2, 0.25) is 0 Å². The highest BCUT2D eigenvalue weighted by Crippen LogP contribution is 2.35. The van der Waals surface area contributed by atoms with Gasteiger partial charge in [0.05, 0.1) is 11.7 Å². The highest BCUT2D eigenvalue weighted by Gasteiger charge is 2.27. The molecule has 23 heavy (non-hydrogen) atoms. The number of phenolic OH excluding ortho intramolecular Hbond substituents is 1. The maximum atomic E-state index is 9.53. The largest absolute Gasteiger partial charge is 0.508 e. The third kappa shape index (κ3) is 2.91. The van der Waals surface area contributed by atoms with Crippen LogP contribution in [0.3, 0.4) is 0 Å². The van der Waals surface area contributed by atoms with E-state index in [4.69, 9.17) is 9.41 Å². The second-order valence-corrected chi connectivity index (χ2v) is 6.30. The predicted octanol–water partition coefficient (Wildman–Crippen LogP) is 4.30. The maximum Gasteiger partial charge on any atom is 0.129 e. The molecule has 0 bridgehead atoms. The molecule has 120 valence electrons. The molecule has 1 aromatic carbocycles. The lowest BCUT2D eigenvalue weighted by molar-refractivity contribution is 0.442. The second-order valence-electron chi connectivity index (χ2n) is 6.30. The van der Waals surface area contributed by atoms with E-state index >= 15 is 0 Å². The van der Waals surface area contributed by atoms with Crippen LogP contribution in [0.25, 0.3) is 0 Å². The molecule has 1 fully saturated rings. The van der Waals surface area contributed by atoms with Gasteiger partial charge in [0.25, 0.3) is 0 Å². The van der Waals surface area contributed by atoms with Crippen molar-refractivity contribution in [2.24, 2.45) is 4.99 Å². The van der Waals surface area contributed by atoms with Gasteiger partial charge in [-0.3, -0.25) is 4.99 Å². The Morgan fingerprint density at radius 2 is 1.74 bits per heavy atom. The van der Waals surface area contributed by atoms with E-state index in [9.17, 15) is 5.11 Å². The molecule has 5 nitrogen and oxygen atoms in total. The van der Waals surface area contributed by atoms with Gasteiger partial charge in [0.15, 0.2) is 0 Å². The van der Waals surface area contributed by atoms with Gasteiger partial charge in [-0.1, -0.05) is 31.4 Å². The van der Waals surface area contributed by atoms with E-state index in [1.165, 1.54) is 19.3 Å². The van der Waals surface area contributed by atoms with E-state index < -0.39 is 0 Å². The summed E-state index contributed by atoms with van der Waals surface area (Å²) < 4.78 is 5.29. The van der Waals surface area contributed by atoms with Gasteiger partial charge in [-0.25, -0.2) is 0 Å². The molecule has 1 atom stereocenters. The fraction of sp³-hybridized carbons (Fsp3) is 0.389. The summed E-state index contributed by atoms with van der Waals surface area (Å²) in [7, 11) is 0. The number of aliphatic imine (C=N–C) groups is 1. The molecule has 2 aliphatic rings. The van der Waals surface area contributed by atoms with Crippen molar-refractivity contribution in [3.8, 4) is 5.75 Å². The van der Waals surface area contributed by atoms with E-state index in [0.717, 1.165) is 35.6 Å². The molecule has 0 saturated heterocycles. The number of aromatic hydroxyl groups is 1. The van der Waals surface area contributed by atoms with Crippen molar-refractivity contribution in [3.05, 3.63) is 42.4 Å². The Morgan fingerprint density at radius 3 is 2.52 bits per heavy atom. The minimum absolute atomic E-state index is 0.0531. The van der Waals surface area contributed by atoms with Gasteiger partial charge < -0.3 is 20.2 Å². The molecule has 2 aromatic rings. The van der Waals surface area contributed by atoms with Crippen LogP contribution < -0.4 is 10.6 Å². The van der Waals surface area contributed by atoms with Crippen LogP contribution in [0.15, 0.2) is 46.2 Å². The Labute approximate surface area is 135 Å². The molecule has 0 amide bonds. The summed E-state index contributed by atoms with van der Waals surface area (Å²) in [5.74, 6) is 1.20. The zero-order valence-electron chi connectivity index (χ0n) is 13.0. The first-order valence-corrected chi connectivity index (χ1v) is 8.26. The molecule has 1 aliphatic carbocycles. The van der Waals surface area contributed by atoms with Crippen molar-refractivity contribution in [1.82, 2.24) is 0 Å². The number of rotatable bonds is 2. The van der Waals surface area contributed by atoms with Crippen LogP contribution in [0.5, 0.6) is 5.75 Å². The molecule has 1 unspecified atom stereocenters. The monoisotopic (exact) mass is 311 g/mol. The minimum atomic E-state index is -0.0531. The van der Waals surface area contributed by atoms with Crippen molar-refractivity contribution < 1.29 is 9.52 Å². The number of fused-ring (bicyclic) bond motifs is 1. The molecule has 5 heteroatoms. The Morgan fingerprint density at radius 1 is 1.00 bits per heavy atom. The van der Waals surface area contributed by atoms with E-state index in [1.807, 2.05) is 12.1 Å². The molecule has 3 N–H and O–H groups in total. The number of phenols is 1. The molecule has 1 aromatic heterocycles. The van der Waals surface area contributed by atoms with Crippen molar-refractivity contribution in [2.75, 3.05) is 10.6 Å². The van der Waals surface area contributed by atoms with Crippen molar-refractivity contribution in [2.45, 2.75) is 44.2 Å². The van der Waals surface area contributed by atoms with Crippen LogP contribution in [0.4, 0.5) is 11.4 Å². The molecule has 0 radical (unpaired) electrons. The average molecular weight is 311 g/mol. The van der Waals surface area contributed by atoms with Crippen molar-refractivity contribution in [1.29, 1.82) is 0 Å². The zero-order chi connectivity index (χ0) is 15.6. The Hall–Kier alpha value is -2.43. The summed E-state index contributed by atoms with van der Waals surface area (Å²) in [6.45, 7) is 0. The number of anilines is 2. The van der Waals surface area contributed by atoms with Crippen LogP contribution in [-0.4, -0.2) is 17.0 Å². The van der Waals surface area contributed by atoms with Gasteiger partial charge in [-0.2, -0.15) is 0 Å². The van der Waals surface area contributed by atoms with Gasteiger partial charge in [-0.15, -0.1) is 0 Å². The first kappa shape index (κ1) is 14.2. The molecule has 1 aliphatic heterocycles. The Kier molecular flexibility index (Phi) is 3.69. The first-order valence-electron chi connectivity index (χ1n) is 8.26. The van der Waals surface area contributed by atoms with Crippen molar-refractivity contribution >= 4 is 17.2 Å². The lowest BCUT2D eigenvalue weighted by atomic mass is 9.95. The smallest absolute Gasteiger partial charge is 0.129 e. The summed E-state index contributed by atoms with van der Waals surface area (Å²) in [6, 6.07) is 7.61. The number of amidine groups is 1. The predicted molar refractivity (Wildman–Crippen MR) is 91.1 cm³/mol. The second kappa shape index (κ2) is 5.99. The highest BCUT2D eigenvalue weighted by atomic mass is 16.3. The van der Waals surface area contributed by atoms with Crippen LogP contribution in [0.1, 0.15) is 43.7 Å². The zero-order valence-corrected chi connectivity index (χ0v) is 13.0. The SMILES string of the molecule is Oc1ccc(C2Nc3cocc3NC2=NC2CCCCC2)cc1. The quantitative estimate of drug-likeness (QED) is 0.773. The standard InChI is InChI=1S/C18H21N3O2/c22-14-8-6-12(7-9-14)17-18(19-13-4-2-1-3-5-13)21-16-11-23-10-15(16)20-17/h6-11,13,17,20,22H,1-5H2,(H,19,21). The third-order valence-corrected chi connectivity index (χ3v) is 4.62. The van der Waals surface area contributed by atoms with E-state index in [1.54, 1.807) is 24.7 Å². The molecule has 2 heterocycles. The van der Waals surface area contributed by atoms with E-state index in [-0.39, 0.29) is 11.8 Å². The minimum Gasteiger partial charge on any atom is -0.508 e. The number of furan rings is 1. The normalized spacial score (nSPS) is 23.1. The molecular weight excluding hydrogens is 290 g/mol. The highest BCUT2D eigenvalue weighted by molar-refractivity contribution is 6.06. The third-order valence-electron chi connectivity index (χ3n) is 4.62. The van der Waals surface area contributed by atoms with E-state index in [0.29, 0.717) is 6.04 Å². The number of nitrogens with one attached hydrogen (secondary N) is 2. The van der Waals surface area contributed by atoms with Crippen LogP contribution in [0.2, 0.25) is 0 Å². The molecular formula is C18H21N3O2. The number of hydrogen-bond acceptors (Lipinski definition) is 4. The number of hydrogen-bond donors (Lipinski definition) is 3. The topological polar surface area (TPSA) is 69.8 Å². The summed E-state index contributed by atoms with van der Waals surface area (Å²) in [5.41, 5.74) is 2.93. The Bertz CT molecular complexity index is 699. The van der Waals surface area contributed by atoms with Gasteiger partial charge in [-0.05, 0) is 30.5 Å². The summed E-state index contributed by atoms with van der Waals surface area (Å²) in [4.78, 5) is 4.99. The fourth-order valence-corrected chi connectivity index (χ4v) is 3.36. The summed E-state index contributed by atoms with van der Waals surface area (Å²) in [5, 5.41) is 16.4. The van der Waals surface area contributed by atoms with Crippen LogP contribution in [0, 0.1) is 0 Å². The van der Waals surface area contributed by atoms with E-state index in [2.05, 4.69) is 10.6 Å². The average Bonchev–Trinajstić information content (AvgIpc) is 3.03. The lowest BCUT2D eigenvalue weighted by Gasteiger charge is -2.29. The maximum absolute atomic E-state index is 9.53. The van der Waals surface area contributed by atoms with Crippen molar-refractivity contribution in [3.63, 3.8) is 0 Å². The first-order chi connectivity index (χ1) is 11.3. The number of nitrogens with zero attached hydrogens (tertiary/aromatic N) is 1. The van der Waals surface area contributed by atoms with Gasteiger partial charge in [0.1, 0.15) is 35.8 Å². The van der Waals surface area contributed by atoms with Gasteiger partial charge in [0, 0.05) is 0 Å². The number of benzene rings is 1. The lowest BCUT2D eigenvalue weighted by Crippen LogP contribution is -2.33. The van der Waals surface area contributed by atoms with Crippen LogP contribution in [-0.2, 0) is 0 Å². The molecule has 0 spiro atoms. The molecule has 4 rings (SSSR count). The summed E-state index contributed by atoms with van der Waals surface area (Å²) >= 11 is 0. The fourth-order valence-electron chi connectivity index (χ4n) is 3.36. The molecule has 1 saturated carbocycles. The summed E-state index contributed by atoms with van der Waals surface area (Å²) in [6.07, 6.45) is 9.56.